The van der Waals surface area contributed by atoms with Gasteiger partial charge in [0.15, 0.2) is 0 Å². The molecule has 0 radical (unpaired) electrons. The Balaban J connectivity index is 1.29. The number of nitrogens with zero attached hydrogens (tertiary/aromatic N) is 2. The Kier molecular flexibility index (Phi) is 7.24. The van der Waals surface area contributed by atoms with E-state index in [1.54, 1.807) is 0 Å². The van der Waals surface area contributed by atoms with E-state index in [0.29, 0.717) is 12.0 Å². The molecule has 33 heavy (non-hydrogen) atoms. The fourth-order valence-corrected chi connectivity index (χ4v) is 6.81. The summed E-state index contributed by atoms with van der Waals surface area (Å²) in [5, 5.41) is 0. The largest absolute Gasteiger partial charge is 0.369 e. The van der Waals surface area contributed by atoms with E-state index < -0.39 is 5.79 Å². The lowest BCUT2D eigenvalue weighted by Gasteiger charge is -2.38. The van der Waals surface area contributed by atoms with Gasteiger partial charge in [-0.25, -0.2) is 4.99 Å². The van der Waals surface area contributed by atoms with Crippen molar-refractivity contribution in [2.75, 3.05) is 13.1 Å². The van der Waals surface area contributed by atoms with Crippen molar-refractivity contribution >= 4 is 5.96 Å². The van der Waals surface area contributed by atoms with Crippen molar-refractivity contribution in [2.24, 2.45) is 28.3 Å². The molecule has 2 atom stereocenters. The van der Waals surface area contributed by atoms with E-state index in [1.807, 2.05) is 0 Å². The number of aliphatic imine (C=N–C) groups is 1. The predicted molar refractivity (Wildman–Crippen MR) is 135 cm³/mol. The molecule has 182 valence electrons. The maximum atomic E-state index is 6.48. The van der Waals surface area contributed by atoms with Crippen molar-refractivity contribution in [3.05, 3.63) is 34.9 Å². The van der Waals surface area contributed by atoms with Crippen LogP contribution in [-0.4, -0.2) is 30.0 Å². The third kappa shape index (κ3) is 5.55. The molecule has 6 heteroatoms. The standard InChI is InChI=1S/C27H44N6/c28-26-30-27(29,32-31-26)24-14-11-22-12-15-25(16-13-23(22)17-24)33(18-20-7-3-1-4-8-20)19-21-9-5-2-6-10-21/h11,14,17,20-21,25,32H,1-10,12-13,15-16,18-19,29H2,(H3,28,30,31)/t25-,27?/m0/s1. The smallest absolute Gasteiger partial charge is 0.209 e. The number of nitrogens with one attached hydrogen (secondary N) is 2. The molecule has 1 unspecified atom stereocenters. The maximum absolute atomic E-state index is 6.48. The van der Waals surface area contributed by atoms with Crippen LogP contribution < -0.4 is 22.3 Å². The zero-order chi connectivity index (χ0) is 22.7. The second-order valence-electron chi connectivity index (χ2n) is 11.2. The Morgan fingerprint density at radius 3 is 2.03 bits per heavy atom. The third-order valence-corrected chi connectivity index (χ3v) is 8.77. The van der Waals surface area contributed by atoms with Crippen LogP contribution in [-0.2, 0) is 18.6 Å². The van der Waals surface area contributed by atoms with Crippen LogP contribution in [0.4, 0.5) is 0 Å². The van der Waals surface area contributed by atoms with E-state index in [1.165, 1.54) is 108 Å². The van der Waals surface area contributed by atoms with Crippen molar-refractivity contribution in [3.8, 4) is 0 Å². The highest BCUT2D eigenvalue weighted by Crippen LogP contribution is 2.33. The van der Waals surface area contributed by atoms with Gasteiger partial charge in [0, 0.05) is 24.7 Å². The molecule has 1 aromatic rings. The summed E-state index contributed by atoms with van der Waals surface area (Å²) >= 11 is 0. The minimum absolute atomic E-state index is 0.341. The van der Waals surface area contributed by atoms with Crippen LogP contribution in [0.5, 0.6) is 0 Å². The molecule has 0 spiro atoms. The molecule has 0 amide bonds. The highest BCUT2D eigenvalue weighted by Gasteiger charge is 2.33. The number of rotatable bonds is 6. The van der Waals surface area contributed by atoms with E-state index in [-0.39, 0.29) is 0 Å². The number of guanidine groups is 1. The van der Waals surface area contributed by atoms with E-state index in [4.69, 9.17) is 11.5 Å². The number of benzene rings is 1. The van der Waals surface area contributed by atoms with E-state index in [2.05, 4.69) is 38.9 Å². The second-order valence-corrected chi connectivity index (χ2v) is 11.2. The molecule has 4 aliphatic rings. The van der Waals surface area contributed by atoms with Gasteiger partial charge in [-0.05, 0) is 74.3 Å². The summed E-state index contributed by atoms with van der Waals surface area (Å²) < 4.78 is 0. The fourth-order valence-electron chi connectivity index (χ4n) is 6.81. The van der Waals surface area contributed by atoms with Crippen molar-refractivity contribution in [2.45, 2.75) is 102 Å². The first-order valence-electron chi connectivity index (χ1n) is 13.6. The van der Waals surface area contributed by atoms with Gasteiger partial charge >= 0.3 is 0 Å². The summed E-state index contributed by atoms with van der Waals surface area (Å²) in [5.74, 6) is 1.20. The van der Waals surface area contributed by atoms with Gasteiger partial charge in [0.25, 0.3) is 0 Å². The van der Waals surface area contributed by atoms with Crippen LogP contribution in [0.3, 0.4) is 0 Å². The molecule has 2 fully saturated rings. The quantitative estimate of drug-likeness (QED) is 0.492. The number of hydrazine groups is 1. The van der Waals surface area contributed by atoms with Gasteiger partial charge in [-0.3, -0.25) is 16.1 Å². The first-order chi connectivity index (χ1) is 16.1. The highest BCUT2D eigenvalue weighted by atomic mass is 15.6. The summed E-state index contributed by atoms with van der Waals surface area (Å²) in [7, 11) is 0. The van der Waals surface area contributed by atoms with Crippen LogP contribution in [0.15, 0.2) is 23.2 Å². The number of fused-ring (bicyclic) bond motifs is 1. The Morgan fingerprint density at radius 2 is 1.45 bits per heavy atom. The van der Waals surface area contributed by atoms with E-state index in [0.717, 1.165) is 23.8 Å². The molecule has 0 saturated heterocycles. The molecule has 0 aromatic heterocycles. The van der Waals surface area contributed by atoms with E-state index in [9.17, 15) is 0 Å². The minimum atomic E-state index is -0.973. The normalized spacial score (nSPS) is 29.4. The van der Waals surface area contributed by atoms with Gasteiger partial charge in [0.05, 0.1) is 0 Å². The number of nitrogens with two attached hydrogens (primary N) is 2. The highest BCUT2D eigenvalue weighted by molar-refractivity contribution is 5.79. The number of hydrogen-bond acceptors (Lipinski definition) is 6. The number of hydrogen-bond donors (Lipinski definition) is 4. The van der Waals surface area contributed by atoms with E-state index >= 15 is 0 Å². The van der Waals surface area contributed by atoms with Gasteiger partial charge in [-0.2, -0.15) is 5.43 Å². The van der Waals surface area contributed by atoms with Crippen LogP contribution in [0.1, 0.15) is 93.7 Å². The van der Waals surface area contributed by atoms with Crippen molar-refractivity contribution in [3.63, 3.8) is 0 Å². The Bertz CT molecular complexity index is 806. The molecule has 3 aliphatic carbocycles. The zero-order valence-corrected chi connectivity index (χ0v) is 20.3. The van der Waals surface area contributed by atoms with Crippen molar-refractivity contribution < 1.29 is 0 Å². The maximum Gasteiger partial charge on any atom is 0.209 e. The third-order valence-electron chi connectivity index (χ3n) is 8.77. The minimum Gasteiger partial charge on any atom is -0.369 e. The molecule has 1 aliphatic heterocycles. The lowest BCUT2D eigenvalue weighted by Crippen LogP contribution is -2.50. The van der Waals surface area contributed by atoms with Crippen LogP contribution in [0.25, 0.3) is 0 Å². The van der Waals surface area contributed by atoms with Gasteiger partial charge in [0.2, 0.25) is 11.7 Å². The van der Waals surface area contributed by atoms with Crippen LogP contribution in [0.2, 0.25) is 0 Å². The summed E-state index contributed by atoms with van der Waals surface area (Å²) in [5.41, 5.74) is 22.1. The molecular weight excluding hydrogens is 408 g/mol. The predicted octanol–water partition coefficient (Wildman–Crippen LogP) is 3.89. The first-order valence-corrected chi connectivity index (χ1v) is 13.6. The molecular formula is C27H44N6. The fraction of sp³-hybridized carbons (Fsp3) is 0.741. The average Bonchev–Trinajstić information content (AvgIpc) is 3.06. The topological polar surface area (TPSA) is 91.7 Å². The molecule has 0 bridgehead atoms. The molecule has 5 rings (SSSR count). The van der Waals surface area contributed by atoms with Gasteiger partial charge in [-0.15, -0.1) is 0 Å². The van der Waals surface area contributed by atoms with Gasteiger partial charge in [-0.1, -0.05) is 56.7 Å². The second kappa shape index (κ2) is 10.3. The Morgan fingerprint density at radius 1 is 0.848 bits per heavy atom. The lowest BCUT2D eigenvalue weighted by atomic mass is 9.86. The molecule has 6 N–H and O–H groups in total. The lowest BCUT2D eigenvalue weighted by molar-refractivity contribution is 0.106. The Hall–Kier alpha value is -1.63. The molecule has 6 nitrogen and oxygen atoms in total. The SMILES string of the molecule is NC1=NC(N)(c2ccc3c(c2)CC[C@@H](N(CC2CCCCC2)CC2CCCCC2)CC3)NN1. The monoisotopic (exact) mass is 452 g/mol. The summed E-state index contributed by atoms with van der Waals surface area (Å²) in [4.78, 5) is 7.33. The summed E-state index contributed by atoms with van der Waals surface area (Å²) in [6.07, 6.45) is 19.3. The summed E-state index contributed by atoms with van der Waals surface area (Å²) in [6.45, 7) is 2.66. The molecule has 1 heterocycles. The molecule has 2 saturated carbocycles. The Labute approximate surface area is 199 Å². The zero-order valence-electron chi connectivity index (χ0n) is 20.3. The van der Waals surface area contributed by atoms with Crippen molar-refractivity contribution in [1.82, 2.24) is 15.8 Å². The van der Waals surface area contributed by atoms with Crippen LogP contribution >= 0.6 is 0 Å². The van der Waals surface area contributed by atoms with Gasteiger partial charge in [0.1, 0.15) is 0 Å². The molecule has 1 aromatic carbocycles. The average molecular weight is 453 g/mol. The first kappa shape index (κ1) is 23.1. The van der Waals surface area contributed by atoms with Crippen LogP contribution in [0, 0.1) is 11.8 Å². The van der Waals surface area contributed by atoms with Crippen molar-refractivity contribution in [1.29, 1.82) is 0 Å². The van der Waals surface area contributed by atoms with Gasteiger partial charge < -0.3 is 5.73 Å². The summed E-state index contributed by atoms with van der Waals surface area (Å²) in [6, 6.07) is 7.37. The number of aryl methyl sites for hydroxylation is 2.